The summed E-state index contributed by atoms with van der Waals surface area (Å²) in [7, 11) is 0. The van der Waals surface area contributed by atoms with Crippen LogP contribution in [0.15, 0.2) is 11.6 Å². The number of allylic oxidation sites excluding steroid dienone is 1. The fraction of sp³-hybridized carbons (Fsp3) is 0.900. The van der Waals surface area contributed by atoms with E-state index in [2.05, 4.69) is 52.5 Å². The van der Waals surface area contributed by atoms with Crippen molar-refractivity contribution in [3.63, 3.8) is 0 Å². The molecule has 0 aromatic heterocycles. The van der Waals surface area contributed by atoms with E-state index >= 15 is 0 Å². The minimum Gasteiger partial charge on any atom is -0.295 e. The molecule has 0 fully saturated rings. The molecule has 0 radical (unpaired) electrons. The Labute approximate surface area is 135 Å². The van der Waals surface area contributed by atoms with Gasteiger partial charge in [-0.15, -0.1) is 0 Å². The summed E-state index contributed by atoms with van der Waals surface area (Å²) >= 11 is 0. The molecule has 1 unspecified atom stereocenters. The first-order valence-corrected chi connectivity index (χ1v) is 9.55. The van der Waals surface area contributed by atoms with Crippen LogP contribution in [-0.2, 0) is 0 Å². The normalized spacial score (nSPS) is 13.0. The maximum absolute atomic E-state index is 2.66. The van der Waals surface area contributed by atoms with Gasteiger partial charge in [0.15, 0.2) is 0 Å². The number of rotatable bonds is 13. The van der Waals surface area contributed by atoms with Crippen LogP contribution in [0.3, 0.4) is 0 Å². The number of likely N-dealkylation sites (N-methyl/N-ethyl adjacent to an activating group) is 1. The predicted molar refractivity (Wildman–Crippen MR) is 98.0 cm³/mol. The van der Waals surface area contributed by atoms with E-state index < -0.39 is 0 Å². The van der Waals surface area contributed by atoms with E-state index in [0.717, 1.165) is 6.54 Å². The summed E-state index contributed by atoms with van der Waals surface area (Å²) < 4.78 is 0. The first kappa shape index (κ1) is 20.7. The Morgan fingerprint density at radius 1 is 0.857 bits per heavy atom. The van der Waals surface area contributed by atoms with Gasteiger partial charge in [-0.25, -0.2) is 0 Å². The Balaban J connectivity index is 4.48. The Hall–Kier alpha value is -0.300. The largest absolute Gasteiger partial charge is 0.295 e. The molecule has 0 aromatic rings. The molecule has 126 valence electrons. The van der Waals surface area contributed by atoms with Gasteiger partial charge in [0.05, 0.1) is 0 Å². The number of unbranched alkanes of at least 4 members (excludes halogenated alkanes) is 5. The first-order chi connectivity index (χ1) is 10.1. The van der Waals surface area contributed by atoms with Crippen molar-refractivity contribution < 1.29 is 0 Å². The van der Waals surface area contributed by atoms with Crippen LogP contribution >= 0.6 is 0 Å². The van der Waals surface area contributed by atoms with Crippen LogP contribution in [-0.4, -0.2) is 23.5 Å². The van der Waals surface area contributed by atoms with Gasteiger partial charge in [0.2, 0.25) is 0 Å². The van der Waals surface area contributed by atoms with Gasteiger partial charge >= 0.3 is 0 Å². The molecular formula is C20H41N. The van der Waals surface area contributed by atoms with E-state index in [9.17, 15) is 0 Å². The maximum atomic E-state index is 2.66. The van der Waals surface area contributed by atoms with Gasteiger partial charge < -0.3 is 0 Å². The van der Waals surface area contributed by atoms with Crippen LogP contribution in [0.2, 0.25) is 0 Å². The van der Waals surface area contributed by atoms with Crippen LogP contribution in [0.4, 0.5) is 0 Å². The molecule has 1 nitrogen and oxygen atoms in total. The van der Waals surface area contributed by atoms with Gasteiger partial charge in [0.1, 0.15) is 0 Å². The molecule has 0 aromatic carbocycles. The van der Waals surface area contributed by atoms with Gasteiger partial charge in [0, 0.05) is 12.1 Å². The first-order valence-electron chi connectivity index (χ1n) is 9.55. The van der Waals surface area contributed by atoms with Crippen molar-refractivity contribution >= 4 is 0 Å². The highest BCUT2D eigenvalue weighted by Crippen LogP contribution is 2.19. The number of hydrogen-bond donors (Lipinski definition) is 0. The summed E-state index contributed by atoms with van der Waals surface area (Å²) in [5.74, 6) is 0. The van der Waals surface area contributed by atoms with Gasteiger partial charge in [-0.05, 0) is 39.7 Å². The van der Waals surface area contributed by atoms with E-state index in [1.54, 1.807) is 5.57 Å². The fourth-order valence-corrected chi connectivity index (χ4v) is 3.22. The quantitative estimate of drug-likeness (QED) is 0.274. The summed E-state index contributed by atoms with van der Waals surface area (Å²) in [6.45, 7) is 15.0. The number of nitrogens with zero attached hydrogens (tertiary/aromatic N) is 1. The standard InChI is InChI=1S/C20H41N/c1-7-11-12-13-14-15-16-20(17-19(8-2)9-3)21(10-4)18(5)6/h17-18,20H,7-16H2,1-6H3. The van der Waals surface area contributed by atoms with E-state index in [1.165, 1.54) is 57.8 Å². The molecule has 21 heavy (non-hydrogen) atoms. The average molecular weight is 296 g/mol. The molecule has 0 saturated carbocycles. The highest BCUT2D eigenvalue weighted by atomic mass is 15.2. The molecule has 0 saturated heterocycles. The highest BCUT2D eigenvalue weighted by molar-refractivity contribution is 5.06. The van der Waals surface area contributed by atoms with E-state index in [1.807, 2.05) is 0 Å². The van der Waals surface area contributed by atoms with Gasteiger partial charge in [0.25, 0.3) is 0 Å². The Kier molecular flexibility index (Phi) is 13.2. The van der Waals surface area contributed by atoms with Crippen LogP contribution in [0.1, 0.15) is 99.3 Å². The zero-order valence-corrected chi connectivity index (χ0v) is 15.8. The highest BCUT2D eigenvalue weighted by Gasteiger charge is 2.17. The van der Waals surface area contributed by atoms with E-state index in [4.69, 9.17) is 0 Å². The molecule has 1 atom stereocenters. The molecule has 0 N–H and O–H groups in total. The second-order valence-corrected chi connectivity index (χ2v) is 6.58. The smallest absolute Gasteiger partial charge is 0.0283 e. The van der Waals surface area contributed by atoms with Gasteiger partial charge in [-0.2, -0.15) is 0 Å². The molecule has 0 aliphatic carbocycles. The minimum atomic E-state index is 0.645. The van der Waals surface area contributed by atoms with Crippen molar-refractivity contribution in [2.75, 3.05) is 6.54 Å². The predicted octanol–water partition coefficient (Wildman–Crippen LogP) is 6.58. The van der Waals surface area contributed by atoms with E-state index in [-0.39, 0.29) is 0 Å². The van der Waals surface area contributed by atoms with Crippen molar-refractivity contribution in [1.82, 2.24) is 4.90 Å². The zero-order valence-electron chi connectivity index (χ0n) is 15.8. The Morgan fingerprint density at radius 3 is 1.90 bits per heavy atom. The molecule has 0 heterocycles. The lowest BCUT2D eigenvalue weighted by molar-refractivity contribution is 0.180. The SMILES string of the molecule is CCCCCCCCC(C=C(CC)CC)N(CC)C(C)C. The third kappa shape index (κ3) is 9.34. The van der Waals surface area contributed by atoms with Crippen molar-refractivity contribution in [2.24, 2.45) is 0 Å². The minimum absolute atomic E-state index is 0.645. The van der Waals surface area contributed by atoms with Crippen LogP contribution in [0, 0.1) is 0 Å². The molecule has 0 aliphatic heterocycles. The second kappa shape index (κ2) is 13.4. The van der Waals surface area contributed by atoms with Crippen molar-refractivity contribution in [3.05, 3.63) is 11.6 Å². The summed E-state index contributed by atoms with van der Waals surface area (Å²) in [5, 5.41) is 0. The maximum Gasteiger partial charge on any atom is 0.0283 e. The van der Waals surface area contributed by atoms with Crippen LogP contribution in [0.5, 0.6) is 0 Å². The monoisotopic (exact) mass is 295 g/mol. The van der Waals surface area contributed by atoms with Crippen molar-refractivity contribution in [2.45, 2.75) is 111 Å². The third-order valence-corrected chi connectivity index (χ3v) is 4.64. The summed E-state index contributed by atoms with van der Waals surface area (Å²) in [6, 6.07) is 1.29. The Bertz CT molecular complexity index is 249. The molecule has 0 bridgehead atoms. The van der Waals surface area contributed by atoms with Crippen LogP contribution in [0.25, 0.3) is 0 Å². The van der Waals surface area contributed by atoms with E-state index in [0.29, 0.717) is 12.1 Å². The molecule has 0 spiro atoms. The van der Waals surface area contributed by atoms with Crippen molar-refractivity contribution in [1.29, 1.82) is 0 Å². The lowest BCUT2D eigenvalue weighted by Gasteiger charge is -2.33. The van der Waals surface area contributed by atoms with Gasteiger partial charge in [-0.1, -0.05) is 77.9 Å². The summed E-state index contributed by atoms with van der Waals surface area (Å²) in [5.41, 5.74) is 1.63. The lowest BCUT2D eigenvalue weighted by Crippen LogP contribution is -2.39. The molecule has 0 rings (SSSR count). The molecule has 1 heteroatoms. The van der Waals surface area contributed by atoms with Crippen LogP contribution < -0.4 is 0 Å². The topological polar surface area (TPSA) is 3.24 Å². The number of hydrogen-bond acceptors (Lipinski definition) is 1. The lowest BCUT2D eigenvalue weighted by atomic mass is 9.99. The fourth-order valence-electron chi connectivity index (χ4n) is 3.22. The summed E-state index contributed by atoms with van der Waals surface area (Å²) in [6.07, 6.45) is 14.7. The third-order valence-electron chi connectivity index (χ3n) is 4.64. The zero-order chi connectivity index (χ0) is 16.1. The molecule has 0 amide bonds. The Morgan fingerprint density at radius 2 is 1.43 bits per heavy atom. The average Bonchev–Trinajstić information content (AvgIpc) is 2.47. The molecule has 0 aliphatic rings. The van der Waals surface area contributed by atoms with Crippen molar-refractivity contribution in [3.8, 4) is 0 Å². The van der Waals surface area contributed by atoms with Gasteiger partial charge in [-0.3, -0.25) is 4.90 Å². The molecular weight excluding hydrogens is 254 g/mol. The summed E-state index contributed by atoms with van der Waals surface area (Å²) in [4.78, 5) is 2.66. The second-order valence-electron chi connectivity index (χ2n) is 6.58.